The van der Waals surface area contributed by atoms with Crippen molar-refractivity contribution in [2.45, 2.75) is 39.2 Å². The highest BCUT2D eigenvalue weighted by Crippen LogP contribution is 2.26. The van der Waals surface area contributed by atoms with Crippen LogP contribution in [0.1, 0.15) is 38.7 Å². The van der Waals surface area contributed by atoms with Gasteiger partial charge in [-0.05, 0) is 48.7 Å². The SMILES string of the molecule is CCCNC(=O)[C@H](C)OC(=O)[C@@H](C)c1ccc2cc(OC)ccc2c1. The Bertz CT molecular complexity index is 756. The second-order valence-corrected chi connectivity index (χ2v) is 6.06. The lowest BCUT2D eigenvalue weighted by Crippen LogP contribution is -2.36. The van der Waals surface area contributed by atoms with Gasteiger partial charge in [-0.1, -0.05) is 31.2 Å². The summed E-state index contributed by atoms with van der Waals surface area (Å²) < 4.78 is 10.5. The zero-order valence-corrected chi connectivity index (χ0v) is 15.2. The summed E-state index contributed by atoms with van der Waals surface area (Å²) in [6, 6.07) is 11.6. The van der Waals surface area contributed by atoms with Crippen molar-refractivity contribution in [1.29, 1.82) is 0 Å². The highest BCUT2D eigenvalue weighted by atomic mass is 16.5. The van der Waals surface area contributed by atoms with Gasteiger partial charge in [-0.25, -0.2) is 0 Å². The van der Waals surface area contributed by atoms with Gasteiger partial charge in [-0.2, -0.15) is 0 Å². The summed E-state index contributed by atoms with van der Waals surface area (Å²) in [5.74, 6) is -0.340. The van der Waals surface area contributed by atoms with Gasteiger partial charge in [0.1, 0.15) is 5.75 Å². The first-order valence-electron chi connectivity index (χ1n) is 8.52. The number of hydrogen-bond acceptors (Lipinski definition) is 4. The average Bonchev–Trinajstić information content (AvgIpc) is 2.64. The molecule has 1 N–H and O–H groups in total. The molecule has 0 aliphatic rings. The minimum atomic E-state index is -0.800. The number of carbonyl (C=O) groups is 2. The molecule has 134 valence electrons. The number of hydrogen-bond donors (Lipinski definition) is 1. The molecule has 0 fully saturated rings. The van der Waals surface area contributed by atoms with Crippen molar-refractivity contribution < 1.29 is 19.1 Å². The van der Waals surface area contributed by atoms with Crippen LogP contribution < -0.4 is 10.1 Å². The third-order valence-corrected chi connectivity index (χ3v) is 4.14. The van der Waals surface area contributed by atoms with Crippen molar-refractivity contribution in [2.75, 3.05) is 13.7 Å². The van der Waals surface area contributed by atoms with E-state index >= 15 is 0 Å². The van der Waals surface area contributed by atoms with Crippen LogP contribution in [0.15, 0.2) is 36.4 Å². The van der Waals surface area contributed by atoms with Crippen LogP contribution in [0, 0.1) is 0 Å². The Morgan fingerprint density at radius 1 is 1.08 bits per heavy atom. The van der Waals surface area contributed by atoms with E-state index in [1.807, 2.05) is 43.3 Å². The molecular weight excluding hydrogens is 318 g/mol. The number of amides is 1. The van der Waals surface area contributed by atoms with E-state index in [0.717, 1.165) is 28.5 Å². The van der Waals surface area contributed by atoms with Gasteiger partial charge in [0, 0.05) is 6.54 Å². The minimum Gasteiger partial charge on any atom is -0.497 e. The van der Waals surface area contributed by atoms with Crippen LogP contribution in [0.3, 0.4) is 0 Å². The Morgan fingerprint density at radius 2 is 1.76 bits per heavy atom. The standard InChI is InChI=1S/C20H25NO4/c1-5-10-21-19(22)14(3)25-20(23)13(2)15-6-7-17-12-18(24-4)9-8-16(17)11-15/h6-9,11-14H,5,10H2,1-4H3,(H,21,22)/t13-,14-/m0/s1. The van der Waals surface area contributed by atoms with E-state index in [-0.39, 0.29) is 5.91 Å². The predicted molar refractivity (Wildman–Crippen MR) is 97.8 cm³/mol. The third-order valence-electron chi connectivity index (χ3n) is 4.14. The third kappa shape index (κ3) is 4.72. The molecule has 5 nitrogen and oxygen atoms in total. The minimum absolute atomic E-state index is 0.270. The van der Waals surface area contributed by atoms with Crippen LogP contribution in [-0.4, -0.2) is 31.6 Å². The second-order valence-electron chi connectivity index (χ2n) is 6.06. The Labute approximate surface area is 148 Å². The van der Waals surface area contributed by atoms with Gasteiger partial charge >= 0.3 is 5.97 Å². The summed E-state index contributed by atoms with van der Waals surface area (Å²) in [5.41, 5.74) is 0.851. The molecule has 2 rings (SSSR count). The van der Waals surface area contributed by atoms with E-state index < -0.39 is 18.0 Å². The average molecular weight is 343 g/mol. The molecule has 1 amide bonds. The summed E-state index contributed by atoms with van der Waals surface area (Å²) in [7, 11) is 1.63. The van der Waals surface area contributed by atoms with Gasteiger partial charge in [0.2, 0.25) is 0 Å². The fourth-order valence-electron chi connectivity index (χ4n) is 2.50. The van der Waals surface area contributed by atoms with Crippen LogP contribution in [0.2, 0.25) is 0 Å². The van der Waals surface area contributed by atoms with Crippen LogP contribution in [0.4, 0.5) is 0 Å². The van der Waals surface area contributed by atoms with E-state index in [0.29, 0.717) is 6.54 Å². The summed E-state index contributed by atoms with van der Waals surface area (Å²) in [4.78, 5) is 24.2. The molecule has 0 unspecified atom stereocenters. The number of fused-ring (bicyclic) bond motifs is 1. The molecule has 5 heteroatoms. The smallest absolute Gasteiger partial charge is 0.313 e. The van der Waals surface area contributed by atoms with Crippen molar-refractivity contribution in [3.8, 4) is 5.75 Å². The Hall–Kier alpha value is -2.56. The number of methoxy groups -OCH3 is 1. The summed E-state index contributed by atoms with van der Waals surface area (Å²) in [5, 5.41) is 4.78. The van der Waals surface area contributed by atoms with Crippen LogP contribution in [0.5, 0.6) is 5.75 Å². The van der Waals surface area contributed by atoms with Crippen molar-refractivity contribution >= 4 is 22.6 Å². The lowest BCUT2D eigenvalue weighted by Gasteiger charge is -2.17. The van der Waals surface area contributed by atoms with Crippen LogP contribution in [0.25, 0.3) is 10.8 Å². The van der Waals surface area contributed by atoms with Gasteiger partial charge < -0.3 is 14.8 Å². The zero-order chi connectivity index (χ0) is 18.4. The second kappa shape index (κ2) is 8.51. The lowest BCUT2D eigenvalue weighted by atomic mass is 9.98. The van der Waals surface area contributed by atoms with Gasteiger partial charge in [0.15, 0.2) is 6.10 Å². The maximum Gasteiger partial charge on any atom is 0.313 e. The quantitative estimate of drug-likeness (QED) is 0.783. The Balaban J connectivity index is 2.08. The monoisotopic (exact) mass is 343 g/mol. The van der Waals surface area contributed by atoms with Crippen molar-refractivity contribution in [3.05, 3.63) is 42.0 Å². The van der Waals surface area contributed by atoms with E-state index in [2.05, 4.69) is 5.32 Å². The molecule has 0 radical (unpaired) electrons. The maximum absolute atomic E-state index is 12.3. The number of carbonyl (C=O) groups excluding carboxylic acids is 2. The van der Waals surface area contributed by atoms with Crippen molar-refractivity contribution in [1.82, 2.24) is 5.32 Å². The van der Waals surface area contributed by atoms with E-state index in [4.69, 9.17) is 9.47 Å². The van der Waals surface area contributed by atoms with E-state index in [9.17, 15) is 9.59 Å². The molecule has 2 aromatic rings. The summed E-state index contributed by atoms with van der Waals surface area (Å²) >= 11 is 0. The molecule has 0 spiro atoms. The fourth-order valence-corrected chi connectivity index (χ4v) is 2.50. The van der Waals surface area contributed by atoms with E-state index in [1.54, 1.807) is 21.0 Å². The lowest BCUT2D eigenvalue weighted by molar-refractivity contribution is -0.155. The molecule has 0 saturated carbocycles. The molecule has 0 aliphatic carbocycles. The first-order chi connectivity index (χ1) is 12.0. The highest BCUT2D eigenvalue weighted by molar-refractivity contribution is 5.88. The molecule has 2 atom stereocenters. The molecule has 2 aromatic carbocycles. The fraction of sp³-hybridized carbons (Fsp3) is 0.400. The van der Waals surface area contributed by atoms with Gasteiger partial charge in [0.05, 0.1) is 13.0 Å². The number of benzene rings is 2. The molecular formula is C20H25NO4. The normalized spacial score (nSPS) is 13.1. The molecule has 0 aromatic heterocycles. The number of nitrogens with one attached hydrogen (secondary N) is 1. The first-order valence-corrected chi connectivity index (χ1v) is 8.52. The van der Waals surface area contributed by atoms with Crippen LogP contribution >= 0.6 is 0 Å². The molecule has 0 saturated heterocycles. The van der Waals surface area contributed by atoms with E-state index in [1.165, 1.54) is 0 Å². The Morgan fingerprint density at radius 3 is 2.44 bits per heavy atom. The predicted octanol–water partition coefficient (Wildman–Crippen LogP) is 3.41. The summed E-state index contributed by atoms with van der Waals surface area (Å²) in [6.07, 6.45) is 0.0382. The number of rotatable bonds is 7. The van der Waals surface area contributed by atoms with Crippen molar-refractivity contribution in [2.24, 2.45) is 0 Å². The van der Waals surface area contributed by atoms with Crippen LogP contribution in [-0.2, 0) is 14.3 Å². The van der Waals surface area contributed by atoms with Gasteiger partial charge in [-0.15, -0.1) is 0 Å². The van der Waals surface area contributed by atoms with Gasteiger partial charge in [0.25, 0.3) is 5.91 Å². The first kappa shape index (κ1) is 18.8. The largest absolute Gasteiger partial charge is 0.497 e. The Kier molecular flexibility index (Phi) is 6.39. The highest BCUT2D eigenvalue weighted by Gasteiger charge is 2.23. The maximum atomic E-state index is 12.3. The number of ether oxygens (including phenoxy) is 2. The van der Waals surface area contributed by atoms with Crippen molar-refractivity contribution in [3.63, 3.8) is 0 Å². The molecule has 25 heavy (non-hydrogen) atoms. The number of esters is 1. The van der Waals surface area contributed by atoms with Gasteiger partial charge in [-0.3, -0.25) is 9.59 Å². The summed E-state index contributed by atoms with van der Waals surface area (Å²) in [6.45, 7) is 5.91. The molecule has 0 aliphatic heterocycles. The topological polar surface area (TPSA) is 64.6 Å². The zero-order valence-electron chi connectivity index (χ0n) is 15.2. The molecule has 0 bridgehead atoms. The molecule has 0 heterocycles.